The first kappa shape index (κ1) is 19.3. The van der Waals surface area contributed by atoms with Crippen molar-refractivity contribution >= 4 is 45.8 Å². The van der Waals surface area contributed by atoms with Crippen molar-refractivity contribution in [3.8, 4) is 5.75 Å². The summed E-state index contributed by atoms with van der Waals surface area (Å²) in [5.41, 5.74) is 3.03. The quantitative estimate of drug-likeness (QED) is 0.617. The van der Waals surface area contributed by atoms with Crippen LogP contribution in [0.1, 0.15) is 16.7 Å². The number of hydrogen-bond acceptors (Lipinski definition) is 4. The lowest BCUT2D eigenvalue weighted by molar-refractivity contribution is -0.118. The van der Waals surface area contributed by atoms with Gasteiger partial charge in [-0.05, 0) is 49.6 Å². The molecule has 1 aromatic heterocycles. The Morgan fingerprint density at radius 2 is 1.78 bits per heavy atom. The minimum atomic E-state index is -0.462. The van der Waals surface area contributed by atoms with Crippen molar-refractivity contribution in [2.75, 3.05) is 11.9 Å². The summed E-state index contributed by atoms with van der Waals surface area (Å²) < 4.78 is 10.7. The summed E-state index contributed by atoms with van der Waals surface area (Å²) in [4.78, 5) is 23.8. The van der Waals surface area contributed by atoms with Crippen molar-refractivity contribution in [3.05, 3.63) is 67.5 Å². The predicted octanol–water partition coefficient (Wildman–Crippen LogP) is 5.04. The van der Waals surface area contributed by atoms with Gasteiger partial charge in [0.25, 0.3) is 5.91 Å². The number of ether oxygens (including phenoxy) is 1. The van der Waals surface area contributed by atoms with Crippen LogP contribution in [0.5, 0.6) is 5.75 Å². The zero-order chi connectivity index (χ0) is 19.7. The summed E-state index contributed by atoms with van der Waals surface area (Å²) >= 11 is 12.4. The molecule has 0 saturated heterocycles. The van der Waals surface area contributed by atoms with Crippen molar-refractivity contribution in [2.24, 2.45) is 0 Å². The Kier molecular flexibility index (Phi) is 5.44. The monoisotopic (exact) mass is 405 g/mol. The Morgan fingerprint density at radius 1 is 1.04 bits per heavy atom. The number of fused-ring (bicyclic) bond motifs is 1. The Balaban J connectivity index is 1.78. The van der Waals surface area contributed by atoms with E-state index in [0.29, 0.717) is 26.7 Å². The van der Waals surface area contributed by atoms with Crippen LogP contribution in [0.3, 0.4) is 0 Å². The molecule has 27 heavy (non-hydrogen) atoms. The number of nitrogens with one attached hydrogen (secondary N) is 1. The van der Waals surface area contributed by atoms with Gasteiger partial charge in [0, 0.05) is 17.5 Å². The molecule has 0 unspecified atom stereocenters. The number of halogens is 2. The molecule has 0 bridgehead atoms. The van der Waals surface area contributed by atoms with Crippen LogP contribution in [0.15, 0.2) is 39.5 Å². The van der Waals surface area contributed by atoms with Gasteiger partial charge in [-0.2, -0.15) is 0 Å². The third kappa shape index (κ3) is 4.26. The van der Waals surface area contributed by atoms with Crippen LogP contribution in [-0.2, 0) is 4.79 Å². The van der Waals surface area contributed by atoms with E-state index in [-0.39, 0.29) is 18.3 Å². The summed E-state index contributed by atoms with van der Waals surface area (Å²) in [5.74, 6) is -0.134. The second-order valence-corrected chi connectivity index (χ2v) is 7.12. The third-order valence-corrected chi connectivity index (χ3v) is 4.65. The molecule has 0 radical (unpaired) electrons. The number of amides is 1. The molecule has 0 aliphatic carbocycles. The lowest BCUT2D eigenvalue weighted by atomic mass is 10.1. The smallest absolute Gasteiger partial charge is 0.336 e. The molecular weight excluding hydrogens is 389 g/mol. The maximum atomic E-state index is 12.2. The van der Waals surface area contributed by atoms with Crippen LogP contribution in [0.2, 0.25) is 10.0 Å². The number of benzene rings is 2. The minimum Gasteiger partial charge on any atom is -0.482 e. The van der Waals surface area contributed by atoms with Crippen LogP contribution < -0.4 is 15.7 Å². The first-order valence-corrected chi connectivity index (χ1v) is 8.93. The lowest BCUT2D eigenvalue weighted by Crippen LogP contribution is -2.21. The molecule has 0 aliphatic heterocycles. The van der Waals surface area contributed by atoms with E-state index in [1.807, 2.05) is 19.9 Å². The van der Waals surface area contributed by atoms with Gasteiger partial charge < -0.3 is 14.5 Å². The molecule has 1 N–H and O–H groups in total. The highest BCUT2D eigenvalue weighted by Crippen LogP contribution is 2.31. The molecule has 5 nitrogen and oxygen atoms in total. The molecule has 3 rings (SSSR count). The number of aryl methyl sites for hydroxylation is 3. The number of carbonyl (C=O) groups is 1. The van der Waals surface area contributed by atoms with Gasteiger partial charge in [-0.1, -0.05) is 29.3 Å². The van der Waals surface area contributed by atoms with Crippen LogP contribution in [0.4, 0.5) is 5.69 Å². The Morgan fingerprint density at radius 3 is 2.48 bits per heavy atom. The Labute approximate surface area is 165 Å². The fraction of sp³-hybridized carbons (Fsp3) is 0.200. The zero-order valence-electron chi connectivity index (χ0n) is 15.0. The van der Waals surface area contributed by atoms with Crippen molar-refractivity contribution in [1.29, 1.82) is 0 Å². The molecule has 0 spiro atoms. The van der Waals surface area contributed by atoms with E-state index in [1.165, 1.54) is 12.1 Å². The van der Waals surface area contributed by atoms with Gasteiger partial charge in [0.1, 0.15) is 11.3 Å². The highest BCUT2D eigenvalue weighted by molar-refractivity contribution is 6.34. The fourth-order valence-corrected chi connectivity index (χ4v) is 3.41. The number of rotatable bonds is 4. The van der Waals surface area contributed by atoms with Crippen LogP contribution in [0, 0.1) is 20.8 Å². The average Bonchev–Trinajstić information content (AvgIpc) is 2.57. The van der Waals surface area contributed by atoms with E-state index in [1.54, 1.807) is 19.1 Å². The summed E-state index contributed by atoms with van der Waals surface area (Å²) in [6.07, 6.45) is 0. The van der Waals surface area contributed by atoms with E-state index < -0.39 is 5.63 Å². The number of anilines is 1. The standard InChI is InChI=1S/C20H17Cl2NO4/c1-10-4-12(3)20(15(22)5-10)23-18(24)9-26-17-8-16-13(7-14(17)21)11(2)6-19(25)27-16/h4-8H,9H2,1-3H3,(H,23,24). The molecule has 0 aliphatic rings. The second kappa shape index (κ2) is 7.62. The predicted molar refractivity (Wildman–Crippen MR) is 107 cm³/mol. The Hall–Kier alpha value is -2.50. The van der Waals surface area contributed by atoms with Crippen molar-refractivity contribution in [2.45, 2.75) is 20.8 Å². The highest BCUT2D eigenvalue weighted by Gasteiger charge is 2.13. The SMILES string of the molecule is Cc1cc(C)c(NC(=O)COc2cc3oc(=O)cc(C)c3cc2Cl)c(Cl)c1. The molecule has 140 valence electrons. The lowest BCUT2D eigenvalue weighted by Gasteiger charge is -2.13. The molecule has 3 aromatic rings. The van der Waals surface area contributed by atoms with E-state index in [9.17, 15) is 9.59 Å². The zero-order valence-corrected chi connectivity index (χ0v) is 16.5. The molecule has 0 saturated carbocycles. The maximum Gasteiger partial charge on any atom is 0.336 e. The average molecular weight is 406 g/mol. The van der Waals surface area contributed by atoms with Gasteiger partial charge in [-0.25, -0.2) is 4.79 Å². The summed E-state index contributed by atoms with van der Waals surface area (Å²) in [5, 5.41) is 4.22. The van der Waals surface area contributed by atoms with Crippen molar-refractivity contribution in [1.82, 2.24) is 0 Å². The largest absolute Gasteiger partial charge is 0.482 e. The van der Waals surface area contributed by atoms with Gasteiger partial charge in [0.2, 0.25) is 0 Å². The third-order valence-electron chi connectivity index (χ3n) is 4.06. The number of hydrogen-bond donors (Lipinski definition) is 1. The molecule has 0 fully saturated rings. The van der Waals surface area contributed by atoms with E-state index in [2.05, 4.69) is 5.32 Å². The first-order chi connectivity index (χ1) is 12.7. The molecular formula is C20H17Cl2NO4. The first-order valence-electron chi connectivity index (χ1n) is 8.18. The normalized spacial score (nSPS) is 10.9. The minimum absolute atomic E-state index is 0.250. The second-order valence-electron chi connectivity index (χ2n) is 6.30. The van der Waals surface area contributed by atoms with Gasteiger partial charge in [-0.3, -0.25) is 4.79 Å². The Bertz CT molecular complexity index is 1080. The molecule has 1 amide bonds. The van der Waals surface area contributed by atoms with E-state index in [4.69, 9.17) is 32.4 Å². The van der Waals surface area contributed by atoms with Gasteiger partial charge in [0.05, 0.1) is 15.7 Å². The molecule has 7 heteroatoms. The van der Waals surface area contributed by atoms with Gasteiger partial charge in [0.15, 0.2) is 6.61 Å². The topological polar surface area (TPSA) is 68.5 Å². The molecule has 0 atom stereocenters. The molecule has 1 heterocycles. The van der Waals surface area contributed by atoms with Crippen LogP contribution in [-0.4, -0.2) is 12.5 Å². The summed E-state index contributed by atoms with van der Waals surface area (Å²) in [7, 11) is 0. The van der Waals surface area contributed by atoms with Crippen LogP contribution >= 0.6 is 23.2 Å². The van der Waals surface area contributed by atoms with Crippen molar-refractivity contribution < 1.29 is 13.9 Å². The maximum absolute atomic E-state index is 12.2. The van der Waals surface area contributed by atoms with Crippen LogP contribution in [0.25, 0.3) is 11.0 Å². The van der Waals surface area contributed by atoms with Gasteiger partial charge >= 0.3 is 5.63 Å². The van der Waals surface area contributed by atoms with Crippen molar-refractivity contribution in [3.63, 3.8) is 0 Å². The summed E-state index contributed by atoms with van der Waals surface area (Å²) in [6.45, 7) is 5.30. The van der Waals surface area contributed by atoms with E-state index in [0.717, 1.165) is 16.7 Å². The fourth-order valence-electron chi connectivity index (χ4n) is 2.82. The van der Waals surface area contributed by atoms with Gasteiger partial charge in [-0.15, -0.1) is 0 Å². The molecule has 2 aromatic carbocycles. The van der Waals surface area contributed by atoms with E-state index >= 15 is 0 Å². The number of carbonyl (C=O) groups excluding carboxylic acids is 1. The highest BCUT2D eigenvalue weighted by atomic mass is 35.5. The summed E-state index contributed by atoms with van der Waals surface area (Å²) in [6, 6.07) is 8.23.